The molecule has 82 valence electrons. The van der Waals surface area contributed by atoms with Gasteiger partial charge < -0.3 is 10.0 Å². The van der Waals surface area contributed by atoms with Crippen LogP contribution in [0.2, 0.25) is 0 Å². The zero-order valence-corrected chi connectivity index (χ0v) is 9.10. The molecule has 0 aromatic carbocycles. The highest BCUT2D eigenvalue weighted by molar-refractivity contribution is 5.85. The predicted octanol–water partition coefficient (Wildman–Crippen LogP) is 2.02. The Balaban J connectivity index is 2.92. The normalized spacial score (nSPS) is 10.0. The van der Waals surface area contributed by atoms with E-state index in [1.807, 2.05) is 13.0 Å². The van der Waals surface area contributed by atoms with Crippen molar-refractivity contribution in [2.45, 2.75) is 20.3 Å². The van der Waals surface area contributed by atoms with E-state index in [0.717, 1.165) is 25.3 Å². The van der Waals surface area contributed by atoms with E-state index in [-0.39, 0.29) is 5.69 Å². The van der Waals surface area contributed by atoms with Crippen LogP contribution in [0.5, 0.6) is 0 Å². The number of carboxylic acid groups (broad SMARTS) is 1. The third kappa shape index (κ3) is 2.94. The molecule has 0 saturated heterocycles. The van der Waals surface area contributed by atoms with Crippen LogP contribution < -0.4 is 4.90 Å². The summed E-state index contributed by atoms with van der Waals surface area (Å²) in [6.45, 7) is 5.85. The van der Waals surface area contributed by atoms with Gasteiger partial charge in [-0.15, -0.1) is 0 Å². The molecule has 1 rings (SSSR count). The number of aromatic carboxylic acids is 1. The summed E-state index contributed by atoms with van der Waals surface area (Å²) in [4.78, 5) is 16.9. The minimum absolute atomic E-state index is 0.0991. The maximum atomic E-state index is 10.7. The lowest BCUT2D eigenvalue weighted by Crippen LogP contribution is -2.24. The third-order valence-electron chi connectivity index (χ3n) is 2.15. The first-order valence-electron chi connectivity index (χ1n) is 5.14. The number of pyridine rings is 1. The van der Waals surface area contributed by atoms with Crippen molar-refractivity contribution in [2.75, 3.05) is 18.0 Å². The van der Waals surface area contributed by atoms with Crippen molar-refractivity contribution in [3.63, 3.8) is 0 Å². The minimum atomic E-state index is -0.982. The quantitative estimate of drug-likeness (QED) is 0.804. The summed E-state index contributed by atoms with van der Waals surface area (Å²) >= 11 is 0. The second-order valence-corrected chi connectivity index (χ2v) is 3.27. The maximum Gasteiger partial charge on any atom is 0.354 e. The van der Waals surface area contributed by atoms with E-state index in [2.05, 4.69) is 16.8 Å². The van der Waals surface area contributed by atoms with Crippen LogP contribution in [0.4, 0.5) is 5.82 Å². The lowest BCUT2D eigenvalue weighted by molar-refractivity contribution is 0.0690. The van der Waals surface area contributed by atoms with E-state index < -0.39 is 5.97 Å². The van der Waals surface area contributed by atoms with E-state index in [0.29, 0.717) is 0 Å². The first kappa shape index (κ1) is 11.5. The molecule has 1 heterocycles. The fraction of sp³-hybridized carbons (Fsp3) is 0.455. The zero-order valence-electron chi connectivity index (χ0n) is 9.10. The third-order valence-corrected chi connectivity index (χ3v) is 2.15. The highest BCUT2D eigenvalue weighted by Gasteiger charge is 2.08. The molecule has 0 aliphatic rings. The summed E-state index contributed by atoms with van der Waals surface area (Å²) in [6, 6.07) is 5.07. The van der Waals surface area contributed by atoms with E-state index >= 15 is 0 Å². The SMILES string of the molecule is CCCN(CC)c1cccc(C(=O)O)n1. The number of carbonyl (C=O) groups is 1. The van der Waals surface area contributed by atoms with Gasteiger partial charge in [-0.1, -0.05) is 13.0 Å². The standard InChI is InChI=1S/C11H16N2O2/c1-3-8-13(4-2)10-7-5-6-9(12-10)11(14)15/h5-7H,3-4,8H2,1-2H3,(H,14,15). The van der Waals surface area contributed by atoms with Gasteiger partial charge in [-0.2, -0.15) is 0 Å². The molecule has 0 atom stereocenters. The highest BCUT2D eigenvalue weighted by Crippen LogP contribution is 2.11. The van der Waals surface area contributed by atoms with Crippen LogP contribution in [-0.4, -0.2) is 29.1 Å². The molecule has 0 radical (unpaired) electrons. The Morgan fingerprint density at radius 1 is 1.47 bits per heavy atom. The van der Waals surface area contributed by atoms with Crippen molar-refractivity contribution >= 4 is 11.8 Å². The molecule has 0 saturated carbocycles. The van der Waals surface area contributed by atoms with Gasteiger partial charge in [0.15, 0.2) is 5.69 Å². The van der Waals surface area contributed by atoms with Gasteiger partial charge in [0, 0.05) is 13.1 Å². The van der Waals surface area contributed by atoms with Gasteiger partial charge in [0.2, 0.25) is 0 Å². The predicted molar refractivity (Wildman–Crippen MR) is 59.4 cm³/mol. The van der Waals surface area contributed by atoms with Gasteiger partial charge in [-0.25, -0.2) is 9.78 Å². The average molecular weight is 208 g/mol. The van der Waals surface area contributed by atoms with Crippen molar-refractivity contribution in [1.82, 2.24) is 4.98 Å². The molecule has 0 amide bonds. The second kappa shape index (κ2) is 5.34. The molecular formula is C11H16N2O2. The fourth-order valence-corrected chi connectivity index (χ4v) is 1.42. The molecule has 0 spiro atoms. The Labute approximate surface area is 89.6 Å². The van der Waals surface area contributed by atoms with Crippen LogP contribution in [0.25, 0.3) is 0 Å². The summed E-state index contributed by atoms with van der Waals surface area (Å²) < 4.78 is 0. The molecular weight excluding hydrogens is 192 g/mol. The number of hydrogen-bond acceptors (Lipinski definition) is 3. The van der Waals surface area contributed by atoms with Crippen LogP contribution in [0.3, 0.4) is 0 Å². The average Bonchev–Trinajstić information content (AvgIpc) is 2.26. The lowest BCUT2D eigenvalue weighted by Gasteiger charge is -2.21. The largest absolute Gasteiger partial charge is 0.477 e. The summed E-state index contributed by atoms with van der Waals surface area (Å²) in [6.07, 6.45) is 1.02. The molecule has 0 unspecified atom stereocenters. The Bertz CT molecular complexity index is 339. The molecule has 15 heavy (non-hydrogen) atoms. The van der Waals surface area contributed by atoms with Gasteiger partial charge in [0.1, 0.15) is 5.82 Å². The van der Waals surface area contributed by atoms with E-state index in [4.69, 9.17) is 5.11 Å². The van der Waals surface area contributed by atoms with Crippen molar-refractivity contribution in [2.24, 2.45) is 0 Å². The zero-order chi connectivity index (χ0) is 11.3. The van der Waals surface area contributed by atoms with E-state index in [9.17, 15) is 4.79 Å². The van der Waals surface area contributed by atoms with Crippen LogP contribution in [0.1, 0.15) is 30.8 Å². The van der Waals surface area contributed by atoms with Crippen molar-refractivity contribution in [3.05, 3.63) is 23.9 Å². The van der Waals surface area contributed by atoms with Crippen molar-refractivity contribution < 1.29 is 9.90 Å². The van der Waals surface area contributed by atoms with Gasteiger partial charge in [0.25, 0.3) is 0 Å². The first-order valence-corrected chi connectivity index (χ1v) is 5.14. The molecule has 0 aliphatic carbocycles. The highest BCUT2D eigenvalue weighted by atomic mass is 16.4. The smallest absolute Gasteiger partial charge is 0.354 e. The Kier molecular flexibility index (Phi) is 4.09. The minimum Gasteiger partial charge on any atom is -0.477 e. The van der Waals surface area contributed by atoms with E-state index in [1.54, 1.807) is 6.07 Å². The summed E-state index contributed by atoms with van der Waals surface area (Å²) in [5.41, 5.74) is 0.0991. The number of nitrogens with zero attached hydrogens (tertiary/aromatic N) is 2. The van der Waals surface area contributed by atoms with Gasteiger partial charge in [-0.05, 0) is 25.5 Å². The monoisotopic (exact) mass is 208 g/mol. The molecule has 1 aromatic heterocycles. The van der Waals surface area contributed by atoms with Gasteiger partial charge >= 0.3 is 5.97 Å². The molecule has 4 heteroatoms. The van der Waals surface area contributed by atoms with Crippen molar-refractivity contribution in [3.8, 4) is 0 Å². The van der Waals surface area contributed by atoms with Crippen LogP contribution in [0, 0.1) is 0 Å². The van der Waals surface area contributed by atoms with Gasteiger partial charge in [-0.3, -0.25) is 0 Å². The van der Waals surface area contributed by atoms with Crippen molar-refractivity contribution in [1.29, 1.82) is 0 Å². The molecule has 1 aromatic rings. The van der Waals surface area contributed by atoms with Crippen LogP contribution >= 0.6 is 0 Å². The lowest BCUT2D eigenvalue weighted by atomic mass is 10.3. The number of hydrogen-bond donors (Lipinski definition) is 1. The Hall–Kier alpha value is -1.58. The van der Waals surface area contributed by atoms with Crippen LogP contribution in [-0.2, 0) is 0 Å². The maximum absolute atomic E-state index is 10.7. The second-order valence-electron chi connectivity index (χ2n) is 3.27. The van der Waals surface area contributed by atoms with E-state index in [1.165, 1.54) is 6.07 Å². The number of rotatable bonds is 5. The summed E-state index contributed by atoms with van der Waals surface area (Å²) in [5, 5.41) is 8.81. The molecule has 0 fully saturated rings. The molecule has 0 bridgehead atoms. The summed E-state index contributed by atoms with van der Waals surface area (Å²) in [7, 11) is 0. The number of carboxylic acids is 1. The Morgan fingerprint density at radius 2 is 2.20 bits per heavy atom. The fourth-order valence-electron chi connectivity index (χ4n) is 1.42. The Morgan fingerprint density at radius 3 is 2.73 bits per heavy atom. The molecule has 0 aliphatic heterocycles. The first-order chi connectivity index (χ1) is 7.19. The number of aromatic nitrogens is 1. The topological polar surface area (TPSA) is 53.4 Å². The van der Waals surface area contributed by atoms with Crippen LogP contribution in [0.15, 0.2) is 18.2 Å². The van der Waals surface area contributed by atoms with Gasteiger partial charge in [0.05, 0.1) is 0 Å². The summed E-state index contributed by atoms with van der Waals surface area (Å²) in [5.74, 6) is -0.247. The molecule has 4 nitrogen and oxygen atoms in total. The number of anilines is 1. The molecule has 1 N–H and O–H groups in total.